The molecule has 4 heterocycles. The number of carbonyl (C=O) groups excluding carboxylic acids is 2. The van der Waals surface area contributed by atoms with Crippen molar-refractivity contribution in [2.24, 2.45) is 11.3 Å². The molecule has 2 aliphatic heterocycles. The molecule has 306 valence electrons. The number of carbonyl (C=O) groups is 2. The minimum Gasteiger partial charge on any atom is -0.337 e. The predicted octanol–water partition coefficient (Wildman–Crippen LogP) is 9.15. The number of piperidine rings is 2. The normalized spacial score (nSPS) is 18.6. The van der Waals surface area contributed by atoms with E-state index in [1.54, 1.807) is 12.1 Å². The van der Waals surface area contributed by atoms with Crippen molar-refractivity contribution in [2.45, 2.75) is 67.8 Å². The number of benzene rings is 4. The van der Waals surface area contributed by atoms with E-state index in [-0.39, 0.29) is 28.7 Å². The highest BCUT2D eigenvalue weighted by atomic mass is 32.2. The van der Waals surface area contributed by atoms with Gasteiger partial charge in [-0.05, 0) is 107 Å². The Hall–Kier alpha value is -5.32. The third-order valence-electron chi connectivity index (χ3n) is 11.2. The van der Waals surface area contributed by atoms with E-state index in [1.807, 2.05) is 119 Å². The topological polar surface area (TPSA) is 101 Å². The Labute approximate surface area is 349 Å². The van der Waals surface area contributed by atoms with Crippen molar-refractivity contribution in [1.29, 1.82) is 0 Å². The van der Waals surface area contributed by atoms with Crippen LogP contribution in [0.3, 0.4) is 0 Å². The maximum Gasteiger partial charge on any atom is 0.272 e. The van der Waals surface area contributed by atoms with Gasteiger partial charge in [0, 0.05) is 55.0 Å². The van der Waals surface area contributed by atoms with Gasteiger partial charge in [0.2, 0.25) is 0 Å². The summed E-state index contributed by atoms with van der Waals surface area (Å²) >= 11 is 0. The minimum absolute atomic E-state index is 0.0425. The molecule has 8 rings (SSSR count). The monoisotopic (exact) mass is 826 g/mol. The molecule has 2 fully saturated rings. The van der Waals surface area contributed by atoms with Crippen molar-refractivity contribution in [2.75, 3.05) is 26.2 Å². The summed E-state index contributed by atoms with van der Waals surface area (Å²) < 4.78 is 27.1. The van der Waals surface area contributed by atoms with Crippen LogP contribution in [0.1, 0.15) is 78.8 Å². The molecule has 0 bridgehead atoms. The van der Waals surface area contributed by atoms with E-state index in [0.29, 0.717) is 28.7 Å². The van der Waals surface area contributed by atoms with E-state index in [9.17, 15) is 18.0 Å². The molecule has 0 spiro atoms. The number of pyridine rings is 2. The molecule has 3 atom stereocenters. The second kappa shape index (κ2) is 17.5. The molecule has 4 aromatic carbocycles. The van der Waals surface area contributed by atoms with Gasteiger partial charge in [0.25, 0.3) is 11.8 Å². The van der Waals surface area contributed by atoms with Gasteiger partial charge < -0.3 is 9.80 Å². The van der Waals surface area contributed by atoms with Crippen molar-refractivity contribution in [3.05, 3.63) is 144 Å². The summed E-state index contributed by atoms with van der Waals surface area (Å²) in [5.74, 6) is 8.94. The number of nitrogens with zero attached hydrogens (tertiary/aromatic N) is 4. The number of hydrogen-bond donors (Lipinski definition) is 0. The van der Waals surface area contributed by atoms with Crippen LogP contribution in [0.2, 0.25) is 0 Å². The van der Waals surface area contributed by atoms with Gasteiger partial charge >= 0.3 is 0 Å². The van der Waals surface area contributed by atoms with Crippen LogP contribution in [0.25, 0.3) is 21.5 Å². The first kappa shape index (κ1) is 41.8. The number of hydrogen-bond acceptors (Lipinski definition) is 6. The summed E-state index contributed by atoms with van der Waals surface area (Å²) in [5, 5.41) is 3.97. The second-order valence-corrected chi connectivity index (χ2v) is 21.6. The molecule has 8 nitrogen and oxygen atoms in total. The zero-order valence-electron chi connectivity index (χ0n) is 34.3. The van der Waals surface area contributed by atoms with Crippen molar-refractivity contribution >= 4 is 64.1 Å². The lowest BCUT2D eigenvalue weighted by molar-refractivity contribution is 0.0577. The summed E-state index contributed by atoms with van der Waals surface area (Å²) in [5.41, 5.74) is 2.23. The largest absolute Gasteiger partial charge is 0.337 e. The highest BCUT2D eigenvalue weighted by Crippen LogP contribution is 2.30. The van der Waals surface area contributed by atoms with Crippen LogP contribution in [-0.4, -0.2) is 77.9 Å². The molecule has 0 aliphatic carbocycles. The molecule has 10 heteroatoms. The van der Waals surface area contributed by atoms with Gasteiger partial charge in [-0.2, -0.15) is 0 Å². The van der Waals surface area contributed by atoms with Crippen LogP contribution < -0.4 is 0 Å². The number of aromatic nitrogens is 2. The van der Waals surface area contributed by atoms with E-state index in [4.69, 9.17) is 0 Å². The van der Waals surface area contributed by atoms with Gasteiger partial charge in [-0.1, -0.05) is 106 Å². The lowest BCUT2D eigenvalue weighted by atomic mass is 9.84. The SMILES string of the molecule is C=S(=O)(Cc1cccc(C(=O)N2CCCC(C)(C)C2)n1)c1cccc2ccccc12.C=S(=O)(Cc1cccc(C(=O)N2CCCC(C)C2)n1)c1cccc2ccccc12. The highest BCUT2D eigenvalue weighted by molar-refractivity contribution is 8.00. The Morgan fingerprint density at radius 1 is 0.644 bits per heavy atom. The minimum atomic E-state index is -2.61. The molecule has 2 amide bonds. The van der Waals surface area contributed by atoms with Crippen LogP contribution in [0.15, 0.2) is 131 Å². The number of likely N-dealkylation sites (tertiary alicyclic amines) is 2. The highest BCUT2D eigenvalue weighted by Gasteiger charge is 2.30. The van der Waals surface area contributed by atoms with Crippen LogP contribution in [0.5, 0.6) is 0 Å². The average molecular weight is 827 g/mol. The molecule has 59 heavy (non-hydrogen) atoms. The summed E-state index contributed by atoms with van der Waals surface area (Å²) in [6.45, 7) is 9.60. The first-order valence-corrected chi connectivity index (χ1v) is 24.1. The number of fused-ring (bicyclic) bond motifs is 2. The standard InChI is InChI=1S/C25H28N2O2S.C24H26N2O2S/c1-25(2)15-8-16-27(18-25)24(28)22-13-7-11-20(26-22)17-30(3,29)23-14-6-10-19-9-4-5-12-21(19)23;1-18-8-7-15-26(16-18)24(27)22-13-6-11-20(25-22)17-29(2,28)23-14-5-10-19-9-3-4-12-21(19)23/h4-7,9-14H,3,8,15-18H2,1-2H3;3-6,9-14,18H,2,7-8,15-17H2,1H3. The van der Waals surface area contributed by atoms with Gasteiger partial charge in [-0.3, -0.25) is 18.0 Å². The van der Waals surface area contributed by atoms with Crippen LogP contribution in [0.4, 0.5) is 0 Å². The van der Waals surface area contributed by atoms with Crippen LogP contribution in [0, 0.1) is 11.3 Å². The molecule has 0 radical (unpaired) electrons. The Kier molecular flexibility index (Phi) is 12.4. The Balaban J connectivity index is 0.000000179. The van der Waals surface area contributed by atoms with E-state index in [0.717, 1.165) is 83.2 Å². The molecule has 3 unspecified atom stereocenters. The van der Waals surface area contributed by atoms with E-state index in [2.05, 4.69) is 42.5 Å². The van der Waals surface area contributed by atoms with Crippen LogP contribution >= 0.6 is 0 Å². The lowest BCUT2D eigenvalue weighted by Crippen LogP contribution is -2.43. The lowest BCUT2D eigenvalue weighted by Gasteiger charge is -2.37. The van der Waals surface area contributed by atoms with Crippen molar-refractivity contribution in [3.8, 4) is 0 Å². The summed E-state index contributed by atoms with van der Waals surface area (Å²) in [7, 11) is -5.22. The fraction of sp³-hybridized carbons (Fsp3) is 0.306. The van der Waals surface area contributed by atoms with Crippen molar-refractivity contribution in [1.82, 2.24) is 19.8 Å². The summed E-state index contributed by atoms with van der Waals surface area (Å²) in [4.78, 5) is 40.3. The Morgan fingerprint density at radius 3 is 1.61 bits per heavy atom. The van der Waals surface area contributed by atoms with Crippen molar-refractivity contribution in [3.63, 3.8) is 0 Å². The second-order valence-electron chi connectivity index (χ2n) is 16.9. The van der Waals surface area contributed by atoms with Gasteiger partial charge in [-0.15, -0.1) is 0 Å². The fourth-order valence-electron chi connectivity index (χ4n) is 8.33. The van der Waals surface area contributed by atoms with E-state index >= 15 is 0 Å². The summed E-state index contributed by atoms with van der Waals surface area (Å²) in [6, 6.07) is 38.2. The molecule has 0 N–H and O–H groups in total. The van der Waals surface area contributed by atoms with Gasteiger partial charge in [-0.25, -0.2) is 9.97 Å². The predicted molar refractivity (Wildman–Crippen MR) is 244 cm³/mol. The fourth-order valence-corrected chi connectivity index (χ4v) is 11.7. The Morgan fingerprint density at radius 2 is 1.10 bits per heavy atom. The van der Waals surface area contributed by atoms with Gasteiger partial charge in [0.1, 0.15) is 11.4 Å². The van der Waals surface area contributed by atoms with Crippen molar-refractivity contribution < 1.29 is 18.0 Å². The van der Waals surface area contributed by atoms with E-state index < -0.39 is 19.0 Å². The maximum absolute atomic E-state index is 13.6. The molecule has 0 saturated carbocycles. The van der Waals surface area contributed by atoms with Crippen LogP contribution in [-0.2, 0) is 30.5 Å². The molecule has 2 aromatic heterocycles. The van der Waals surface area contributed by atoms with E-state index in [1.165, 1.54) is 0 Å². The first-order chi connectivity index (χ1) is 28.2. The zero-order chi connectivity index (χ0) is 41.8. The maximum atomic E-state index is 13.6. The molecular weight excluding hydrogens is 773 g/mol. The Bertz CT molecular complexity index is 2720. The molecule has 2 saturated heterocycles. The third kappa shape index (κ3) is 9.94. The van der Waals surface area contributed by atoms with Gasteiger partial charge in [0.15, 0.2) is 0 Å². The van der Waals surface area contributed by atoms with Gasteiger partial charge in [0.05, 0.1) is 22.9 Å². The zero-order valence-corrected chi connectivity index (χ0v) is 36.0. The molecule has 6 aromatic rings. The first-order valence-electron chi connectivity index (χ1n) is 20.3. The number of amides is 2. The quantitative estimate of drug-likeness (QED) is 0.142. The molecular formula is C49H54N4O4S2. The molecule has 2 aliphatic rings. The number of rotatable bonds is 8. The smallest absolute Gasteiger partial charge is 0.272 e. The average Bonchev–Trinajstić information content (AvgIpc) is 3.22. The summed E-state index contributed by atoms with van der Waals surface area (Å²) in [6.07, 6.45) is 4.32. The third-order valence-corrected chi connectivity index (χ3v) is 15.1.